The van der Waals surface area contributed by atoms with Gasteiger partial charge in [-0.2, -0.15) is 0 Å². The third-order valence-corrected chi connectivity index (χ3v) is 5.12. The highest BCUT2D eigenvalue weighted by Gasteiger charge is 2.45. The highest BCUT2D eigenvalue weighted by atomic mass is 35.7. The number of carbonyl (C=O) groups excluding carboxylic acids is 1. The second-order valence-electron chi connectivity index (χ2n) is 6.82. The fourth-order valence-electron chi connectivity index (χ4n) is 3.32. The smallest absolute Gasteiger partial charge is 0.410 e. The molecule has 0 radical (unpaired) electrons. The number of carbonyl (C=O) groups is 1. The van der Waals surface area contributed by atoms with Crippen LogP contribution < -0.4 is 0 Å². The topological polar surface area (TPSA) is 63.7 Å². The number of hydrogen-bond acceptors (Lipinski definition) is 4. The van der Waals surface area contributed by atoms with Crippen LogP contribution in [-0.4, -0.2) is 42.8 Å². The fourth-order valence-corrected chi connectivity index (χ4v) is 4.69. The van der Waals surface area contributed by atoms with Gasteiger partial charge in [-0.15, -0.1) is 0 Å². The molecular weight excluding hydrogens is 302 g/mol. The second-order valence-corrected chi connectivity index (χ2v) is 9.64. The minimum absolute atomic E-state index is 0.00368. The van der Waals surface area contributed by atoms with Crippen molar-refractivity contribution < 1.29 is 17.9 Å². The summed E-state index contributed by atoms with van der Waals surface area (Å²) in [4.78, 5) is 14.0. The van der Waals surface area contributed by atoms with E-state index in [0.717, 1.165) is 12.8 Å². The number of nitrogens with zero attached hydrogens (tertiary/aromatic N) is 1. The summed E-state index contributed by atoms with van der Waals surface area (Å²) in [5.74, 6) is 0.0534. The monoisotopic (exact) mass is 323 g/mol. The summed E-state index contributed by atoms with van der Waals surface area (Å²) >= 11 is 0. The number of fused-ring (bicyclic) bond motifs is 2. The molecule has 2 saturated heterocycles. The van der Waals surface area contributed by atoms with E-state index in [2.05, 4.69) is 0 Å². The van der Waals surface area contributed by atoms with E-state index in [-0.39, 0.29) is 29.8 Å². The first kappa shape index (κ1) is 15.9. The van der Waals surface area contributed by atoms with Crippen LogP contribution in [0.1, 0.15) is 46.5 Å². The van der Waals surface area contributed by atoms with Crippen molar-refractivity contribution in [2.24, 2.45) is 5.92 Å². The summed E-state index contributed by atoms with van der Waals surface area (Å²) in [6, 6.07) is 0.180. The highest BCUT2D eigenvalue weighted by molar-refractivity contribution is 8.13. The van der Waals surface area contributed by atoms with Gasteiger partial charge >= 0.3 is 6.09 Å². The standard InChI is InChI=1S/C13H22ClNO4S/c1-13(2,3)19-12(16)15-10-4-5-11(15)7-9(6-10)8-20(14,17)18/h9-11H,4-8H2,1-3H3. The molecule has 2 atom stereocenters. The predicted molar refractivity (Wildman–Crippen MR) is 77.2 cm³/mol. The van der Waals surface area contributed by atoms with Crippen LogP contribution in [0.15, 0.2) is 0 Å². The summed E-state index contributed by atoms with van der Waals surface area (Å²) in [5, 5.41) is 0. The first-order valence-corrected chi connectivity index (χ1v) is 9.46. The number of piperidine rings is 1. The molecule has 20 heavy (non-hydrogen) atoms. The number of hydrogen-bond donors (Lipinski definition) is 0. The van der Waals surface area contributed by atoms with Crippen LogP contribution in [0.4, 0.5) is 4.79 Å². The Morgan fingerprint density at radius 3 is 2.15 bits per heavy atom. The van der Waals surface area contributed by atoms with Crippen LogP contribution in [0, 0.1) is 5.92 Å². The van der Waals surface area contributed by atoms with E-state index in [4.69, 9.17) is 15.4 Å². The number of ether oxygens (including phenoxy) is 1. The Morgan fingerprint density at radius 2 is 1.75 bits per heavy atom. The average Bonchev–Trinajstić information content (AvgIpc) is 2.46. The molecule has 0 aromatic heterocycles. The quantitative estimate of drug-likeness (QED) is 0.733. The van der Waals surface area contributed by atoms with Crippen molar-refractivity contribution in [3.63, 3.8) is 0 Å². The molecule has 116 valence electrons. The Balaban J connectivity index is 2.02. The Morgan fingerprint density at radius 1 is 1.25 bits per heavy atom. The normalized spacial score (nSPS) is 30.4. The van der Waals surface area contributed by atoms with E-state index in [0.29, 0.717) is 12.8 Å². The Bertz CT molecular complexity index is 471. The summed E-state index contributed by atoms with van der Waals surface area (Å²) in [5.41, 5.74) is -0.507. The molecule has 0 aromatic rings. The van der Waals surface area contributed by atoms with E-state index >= 15 is 0 Å². The van der Waals surface area contributed by atoms with Gasteiger partial charge in [0.2, 0.25) is 9.05 Å². The molecule has 0 spiro atoms. The van der Waals surface area contributed by atoms with Crippen LogP contribution in [0.5, 0.6) is 0 Å². The average molecular weight is 324 g/mol. The zero-order valence-corrected chi connectivity index (χ0v) is 13.7. The van der Waals surface area contributed by atoms with E-state index in [9.17, 15) is 13.2 Å². The van der Waals surface area contributed by atoms with Crippen LogP contribution in [0.3, 0.4) is 0 Å². The van der Waals surface area contributed by atoms with Gasteiger partial charge < -0.3 is 9.64 Å². The SMILES string of the molecule is CC(C)(C)OC(=O)N1C2CCC1CC(CS(=O)(=O)Cl)C2. The van der Waals surface area contributed by atoms with Crippen LogP contribution in [0.25, 0.3) is 0 Å². The molecule has 2 unspecified atom stereocenters. The fraction of sp³-hybridized carbons (Fsp3) is 0.923. The van der Waals surface area contributed by atoms with Crippen molar-refractivity contribution in [2.75, 3.05) is 5.75 Å². The third-order valence-electron chi connectivity index (χ3n) is 3.87. The first-order valence-electron chi connectivity index (χ1n) is 6.99. The number of rotatable bonds is 2. The molecule has 7 heteroatoms. The summed E-state index contributed by atoms with van der Waals surface area (Å²) in [6.45, 7) is 5.54. The van der Waals surface area contributed by atoms with Crippen LogP contribution in [-0.2, 0) is 13.8 Å². The van der Waals surface area contributed by atoms with Crippen molar-refractivity contribution in [3.8, 4) is 0 Å². The number of halogens is 1. The number of amides is 1. The maximum atomic E-state index is 12.2. The van der Waals surface area contributed by atoms with Crippen molar-refractivity contribution in [2.45, 2.75) is 64.1 Å². The summed E-state index contributed by atoms with van der Waals surface area (Å²) < 4.78 is 27.8. The summed E-state index contributed by atoms with van der Waals surface area (Å²) in [7, 11) is 1.86. The Hall–Kier alpha value is -0.490. The van der Waals surface area contributed by atoms with Gasteiger partial charge in [0.1, 0.15) is 5.60 Å². The Kier molecular flexibility index (Phi) is 4.27. The molecule has 1 amide bonds. The lowest BCUT2D eigenvalue weighted by molar-refractivity contribution is 0.00336. The van der Waals surface area contributed by atoms with Crippen LogP contribution in [0.2, 0.25) is 0 Å². The lowest BCUT2D eigenvalue weighted by Crippen LogP contribution is -2.49. The zero-order chi connectivity index (χ0) is 15.1. The molecular formula is C13H22ClNO4S. The maximum Gasteiger partial charge on any atom is 0.410 e. The molecule has 5 nitrogen and oxygen atoms in total. The molecule has 2 bridgehead atoms. The predicted octanol–water partition coefficient (Wildman–Crippen LogP) is 2.73. The van der Waals surface area contributed by atoms with Crippen molar-refractivity contribution >= 4 is 25.8 Å². The van der Waals surface area contributed by atoms with E-state index in [1.165, 1.54) is 0 Å². The van der Waals surface area contributed by atoms with E-state index in [1.54, 1.807) is 0 Å². The van der Waals surface area contributed by atoms with Crippen molar-refractivity contribution in [3.05, 3.63) is 0 Å². The molecule has 0 saturated carbocycles. The minimum Gasteiger partial charge on any atom is -0.444 e. The molecule has 0 N–H and O–H groups in total. The molecule has 2 fully saturated rings. The minimum atomic E-state index is -3.47. The van der Waals surface area contributed by atoms with Crippen molar-refractivity contribution in [1.29, 1.82) is 0 Å². The van der Waals surface area contributed by atoms with Gasteiger partial charge in [0.25, 0.3) is 0 Å². The second kappa shape index (κ2) is 5.37. The van der Waals surface area contributed by atoms with E-state index < -0.39 is 14.7 Å². The van der Waals surface area contributed by atoms with Crippen molar-refractivity contribution in [1.82, 2.24) is 4.90 Å². The lowest BCUT2D eigenvalue weighted by Gasteiger charge is -2.39. The van der Waals surface area contributed by atoms with Gasteiger partial charge in [0.05, 0.1) is 5.75 Å². The maximum absolute atomic E-state index is 12.2. The third kappa shape index (κ3) is 4.01. The zero-order valence-electron chi connectivity index (χ0n) is 12.1. The van der Waals surface area contributed by atoms with Gasteiger partial charge in [-0.3, -0.25) is 0 Å². The van der Waals surface area contributed by atoms with Gasteiger partial charge in [-0.1, -0.05) is 0 Å². The van der Waals surface area contributed by atoms with Gasteiger partial charge in [-0.05, 0) is 52.4 Å². The molecule has 2 rings (SSSR count). The Labute approximate surface area is 125 Å². The highest BCUT2D eigenvalue weighted by Crippen LogP contribution is 2.40. The van der Waals surface area contributed by atoms with Crippen LogP contribution >= 0.6 is 10.7 Å². The largest absolute Gasteiger partial charge is 0.444 e. The molecule has 2 heterocycles. The first-order chi connectivity index (χ1) is 9.05. The van der Waals surface area contributed by atoms with Gasteiger partial charge in [0, 0.05) is 22.8 Å². The lowest BCUT2D eigenvalue weighted by atomic mass is 9.92. The van der Waals surface area contributed by atoms with Gasteiger partial charge in [0.15, 0.2) is 0 Å². The summed E-state index contributed by atoms with van der Waals surface area (Å²) in [6.07, 6.45) is 2.95. The molecule has 0 aliphatic carbocycles. The molecule has 2 aliphatic rings. The van der Waals surface area contributed by atoms with E-state index in [1.807, 2.05) is 25.7 Å². The molecule has 2 aliphatic heterocycles. The molecule has 0 aromatic carbocycles. The van der Waals surface area contributed by atoms with Gasteiger partial charge in [-0.25, -0.2) is 13.2 Å².